The Hall–Kier alpha value is -1.61. The molecule has 1 amide bonds. The van der Waals surface area contributed by atoms with E-state index in [0.717, 1.165) is 10.4 Å². The van der Waals surface area contributed by atoms with E-state index < -0.39 is 0 Å². The average molecular weight is 276 g/mol. The van der Waals surface area contributed by atoms with Crippen LogP contribution in [0.2, 0.25) is 0 Å². The maximum absolute atomic E-state index is 11.9. The quantitative estimate of drug-likeness (QED) is 0.843. The maximum atomic E-state index is 11.9. The first-order valence-corrected chi connectivity index (χ1v) is 7.18. The number of hydrogen-bond acceptors (Lipinski definition) is 4. The first-order valence-electron chi connectivity index (χ1n) is 5.36. The van der Waals surface area contributed by atoms with Crippen LogP contribution in [-0.4, -0.2) is 12.5 Å². The molecule has 3 N–H and O–H groups in total. The Bertz CT molecular complexity index is 576. The zero-order valence-electron chi connectivity index (χ0n) is 9.60. The summed E-state index contributed by atoms with van der Waals surface area (Å²) in [6, 6.07) is 3.78. The van der Waals surface area contributed by atoms with Gasteiger partial charge in [-0.05, 0) is 28.5 Å². The zero-order chi connectivity index (χ0) is 12.8. The van der Waals surface area contributed by atoms with E-state index in [1.807, 2.05) is 22.2 Å². The van der Waals surface area contributed by atoms with Gasteiger partial charge in [-0.2, -0.15) is 11.3 Å². The highest BCUT2D eigenvalue weighted by molar-refractivity contribution is 7.10. The van der Waals surface area contributed by atoms with Crippen LogP contribution in [0.15, 0.2) is 28.3 Å². The van der Waals surface area contributed by atoms with Crippen molar-refractivity contribution in [1.82, 2.24) is 5.32 Å². The minimum Gasteiger partial charge on any atom is -0.348 e. The monoisotopic (exact) mass is 276 g/mol. The number of carbonyl (C=O) groups is 1. The standard InChI is InChI=1S/C13H12N2OS2/c14-4-1-2-12-6-11(9-18-12)13(16)15-7-10-3-5-17-8-10/h3,5-6,8-9H,4,7,14H2,(H,15,16). The van der Waals surface area contributed by atoms with Crippen LogP contribution in [0, 0.1) is 11.8 Å². The molecule has 0 aliphatic rings. The van der Waals surface area contributed by atoms with Gasteiger partial charge in [0.25, 0.3) is 5.91 Å². The van der Waals surface area contributed by atoms with Crippen LogP contribution in [-0.2, 0) is 6.54 Å². The van der Waals surface area contributed by atoms with Crippen molar-refractivity contribution in [3.05, 3.63) is 44.3 Å². The summed E-state index contributed by atoms with van der Waals surface area (Å²) in [4.78, 5) is 12.7. The molecule has 5 heteroatoms. The lowest BCUT2D eigenvalue weighted by atomic mass is 10.2. The highest BCUT2D eigenvalue weighted by Gasteiger charge is 2.07. The van der Waals surface area contributed by atoms with Crippen molar-refractivity contribution in [2.75, 3.05) is 6.54 Å². The molecule has 92 valence electrons. The third kappa shape index (κ3) is 3.44. The first-order chi connectivity index (χ1) is 8.79. The fourth-order valence-corrected chi connectivity index (χ4v) is 2.76. The van der Waals surface area contributed by atoms with E-state index in [1.165, 1.54) is 11.3 Å². The molecule has 0 spiro atoms. The number of amides is 1. The number of hydrogen-bond donors (Lipinski definition) is 2. The summed E-state index contributed by atoms with van der Waals surface area (Å²) in [7, 11) is 0. The maximum Gasteiger partial charge on any atom is 0.252 e. The van der Waals surface area contributed by atoms with Crippen LogP contribution in [0.1, 0.15) is 20.8 Å². The Labute approximate surface area is 114 Å². The van der Waals surface area contributed by atoms with Crippen molar-refractivity contribution in [3.8, 4) is 11.8 Å². The van der Waals surface area contributed by atoms with Crippen LogP contribution in [0.3, 0.4) is 0 Å². The molecule has 0 bridgehead atoms. The Balaban J connectivity index is 1.94. The average Bonchev–Trinajstić information content (AvgIpc) is 3.04. The van der Waals surface area contributed by atoms with Crippen LogP contribution in [0.25, 0.3) is 0 Å². The van der Waals surface area contributed by atoms with Gasteiger partial charge in [-0.3, -0.25) is 4.79 Å². The number of nitrogens with two attached hydrogens (primary N) is 1. The third-order valence-corrected chi connectivity index (χ3v) is 3.79. The summed E-state index contributed by atoms with van der Waals surface area (Å²) in [6.45, 7) is 0.888. The Morgan fingerprint density at radius 3 is 3.06 bits per heavy atom. The summed E-state index contributed by atoms with van der Waals surface area (Å²) < 4.78 is 0. The fraction of sp³-hybridized carbons (Fsp3) is 0.154. The minimum atomic E-state index is -0.0711. The number of nitrogens with one attached hydrogen (secondary N) is 1. The topological polar surface area (TPSA) is 55.1 Å². The summed E-state index contributed by atoms with van der Waals surface area (Å²) in [5.41, 5.74) is 7.06. The summed E-state index contributed by atoms with van der Waals surface area (Å²) >= 11 is 3.07. The molecule has 18 heavy (non-hydrogen) atoms. The van der Waals surface area contributed by atoms with E-state index in [4.69, 9.17) is 5.73 Å². The molecule has 2 rings (SSSR count). The van der Waals surface area contributed by atoms with E-state index in [0.29, 0.717) is 18.7 Å². The van der Waals surface area contributed by atoms with Gasteiger partial charge in [0, 0.05) is 11.9 Å². The molecule has 2 aromatic rings. The van der Waals surface area contributed by atoms with Gasteiger partial charge in [-0.25, -0.2) is 0 Å². The molecule has 3 nitrogen and oxygen atoms in total. The second kappa shape index (κ2) is 6.36. The molecule has 2 aromatic heterocycles. The predicted octanol–water partition coefficient (Wildman–Crippen LogP) is 2.05. The van der Waals surface area contributed by atoms with Gasteiger partial charge in [0.05, 0.1) is 17.0 Å². The van der Waals surface area contributed by atoms with Gasteiger partial charge >= 0.3 is 0 Å². The summed E-state index contributed by atoms with van der Waals surface area (Å²) in [5, 5.41) is 8.69. The highest BCUT2D eigenvalue weighted by atomic mass is 32.1. The van der Waals surface area contributed by atoms with Gasteiger partial charge < -0.3 is 11.1 Å². The van der Waals surface area contributed by atoms with Crippen LogP contribution in [0.5, 0.6) is 0 Å². The van der Waals surface area contributed by atoms with Crippen molar-refractivity contribution < 1.29 is 4.79 Å². The van der Waals surface area contributed by atoms with Gasteiger partial charge in [-0.15, -0.1) is 11.3 Å². The lowest BCUT2D eigenvalue weighted by Gasteiger charge is -2.00. The molecule has 0 saturated carbocycles. The number of thiophene rings is 2. The number of rotatable bonds is 3. The summed E-state index contributed by atoms with van der Waals surface area (Å²) in [6.07, 6.45) is 0. The Kier molecular flexibility index (Phi) is 4.53. The van der Waals surface area contributed by atoms with Gasteiger partial charge in [0.1, 0.15) is 0 Å². The van der Waals surface area contributed by atoms with Gasteiger partial charge in [-0.1, -0.05) is 11.8 Å². The van der Waals surface area contributed by atoms with E-state index in [2.05, 4.69) is 17.2 Å². The van der Waals surface area contributed by atoms with E-state index in [1.54, 1.807) is 17.4 Å². The largest absolute Gasteiger partial charge is 0.348 e. The molecular formula is C13H12N2OS2. The molecule has 0 aromatic carbocycles. The third-order valence-electron chi connectivity index (χ3n) is 2.21. The molecule has 0 radical (unpaired) electrons. The Morgan fingerprint density at radius 2 is 2.33 bits per heavy atom. The van der Waals surface area contributed by atoms with Crippen molar-refractivity contribution >= 4 is 28.6 Å². The molecular weight excluding hydrogens is 264 g/mol. The second-order valence-electron chi connectivity index (χ2n) is 3.52. The molecule has 0 aliphatic carbocycles. The molecule has 0 saturated heterocycles. The molecule has 0 fully saturated rings. The van der Waals surface area contributed by atoms with E-state index in [9.17, 15) is 4.79 Å². The van der Waals surface area contributed by atoms with Crippen LogP contribution < -0.4 is 11.1 Å². The van der Waals surface area contributed by atoms with E-state index in [-0.39, 0.29) is 5.91 Å². The SMILES string of the molecule is NCC#Cc1cc(C(=O)NCc2ccsc2)cs1. The lowest BCUT2D eigenvalue weighted by Crippen LogP contribution is -2.21. The van der Waals surface area contributed by atoms with Gasteiger partial charge in [0.15, 0.2) is 0 Å². The molecule has 0 aliphatic heterocycles. The minimum absolute atomic E-state index is 0.0711. The highest BCUT2D eigenvalue weighted by Crippen LogP contribution is 2.13. The zero-order valence-corrected chi connectivity index (χ0v) is 11.2. The smallest absolute Gasteiger partial charge is 0.252 e. The van der Waals surface area contributed by atoms with Crippen molar-refractivity contribution in [2.45, 2.75) is 6.54 Å². The normalized spacial score (nSPS) is 9.61. The number of carbonyl (C=O) groups excluding carboxylic acids is 1. The molecule has 0 unspecified atom stereocenters. The van der Waals surface area contributed by atoms with Crippen LogP contribution >= 0.6 is 22.7 Å². The Morgan fingerprint density at radius 1 is 1.44 bits per heavy atom. The van der Waals surface area contributed by atoms with Crippen molar-refractivity contribution in [2.24, 2.45) is 5.73 Å². The fourth-order valence-electron chi connectivity index (χ4n) is 1.34. The van der Waals surface area contributed by atoms with Crippen LogP contribution in [0.4, 0.5) is 0 Å². The van der Waals surface area contributed by atoms with Gasteiger partial charge in [0.2, 0.25) is 0 Å². The summed E-state index contributed by atoms with van der Waals surface area (Å²) in [5.74, 6) is 5.61. The van der Waals surface area contributed by atoms with E-state index >= 15 is 0 Å². The van der Waals surface area contributed by atoms with Crippen molar-refractivity contribution in [3.63, 3.8) is 0 Å². The van der Waals surface area contributed by atoms with Crippen molar-refractivity contribution in [1.29, 1.82) is 0 Å². The first kappa shape index (κ1) is 12.8. The predicted molar refractivity (Wildman–Crippen MR) is 75.7 cm³/mol. The lowest BCUT2D eigenvalue weighted by molar-refractivity contribution is 0.0951. The molecule has 0 atom stereocenters. The second-order valence-corrected chi connectivity index (χ2v) is 5.21. The molecule has 2 heterocycles.